The minimum Gasteiger partial charge on any atom is -0.353 e. The number of amides is 1. The molecule has 0 aromatic carbocycles. The predicted octanol–water partition coefficient (Wildman–Crippen LogP) is 1.91. The molecule has 2 atom stereocenters. The van der Waals surface area contributed by atoms with Gasteiger partial charge in [-0.15, -0.1) is 0 Å². The molecule has 2 unspecified atom stereocenters. The molecule has 0 aromatic rings. The second-order valence-corrected chi connectivity index (χ2v) is 4.85. The van der Waals surface area contributed by atoms with Gasteiger partial charge in [0, 0.05) is 12.6 Å². The second kappa shape index (κ2) is 6.11. The van der Waals surface area contributed by atoms with Gasteiger partial charge in [0.1, 0.15) is 0 Å². The molecular formula is C12H26N2O. The summed E-state index contributed by atoms with van der Waals surface area (Å²) in [7, 11) is 0. The molecule has 90 valence electrons. The first-order valence-electron chi connectivity index (χ1n) is 5.92. The Labute approximate surface area is 93.8 Å². The summed E-state index contributed by atoms with van der Waals surface area (Å²) in [6, 6.07) is 0.259. The number of hydrogen-bond acceptors (Lipinski definition) is 2. The maximum atomic E-state index is 12.0. The molecular weight excluding hydrogens is 188 g/mol. The fourth-order valence-corrected chi connectivity index (χ4v) is 1.48. The quantitative estimate of drug-likeness (QED) is 0.709. The third kappa shape index (κ3) is 3.82. The summed E-state index contributed by atoms with van der Waals surface area (Å²) in [6.07, 6.45) is 1.75. The van der Waals surface area contributed by atoms with Crippen molar-refractivity contribution in [2.24, 2.45) is 17.1 Å². The number of nitrogens with one attached hydrogen (secondary N) is 1. The Morgan fingerprint density at radius 3 is 2.20 bits per heavy atom. The van der Waals surface area contributed by atoms with Crippen molar-refractivity contribution in [1.82, 2.24) is 5.32 Å². The van der Waals surface area contributed by atoms with Crippen molar-refractivity contribution in [3.8, 4) is 0 Å². The lowest BCUT2D eigenvalue weighted by Crippen LogP contribution is -2.48. The standard InChI is InChI=1S/C12H26N2O/c1-6-10(9(3)4)14-11(15)12(5,7-2)8-13/h9-10H,6-8,13H2,1-5H3,(H,14,15). The van der Waals surface area contributed by atoms with E-state index >= 15 is 0 Å². The van der Waals surface area contributed by atoms with Crippen LogP contribution in [0.3, 0.4) is 0 Å². The first-order chi connectivity index (χ1) is 6.91. The van der Waals surface area contributed by atoms with E-state index in [9.17, 15) is 4.79 Å². The molecule has 0 saturated carbocycles. The molecule has 0 heterocycles. The van der Waals surface area contributed by atoms with Crippen LogP contribution in [0.5, 0.6) is 0 Å². The van der Waals surface area contributed by atoms with Gasteiger partial charge in [0.2, 0.25) is 5.91 Å². The van der Waals surface area contributed by atoms with Crippen molar-refractivity contribution < 1.29 is 4.79 Å². The van der Waals surface area contributed by atoms with Gasteiger partial charge in [-0.2, -0.15) is 0 Å². The number of carbonyl (C=O) groups excluding carboxylic acids is 1. The van der Waals surface area contributed by atoms with Crippen molar-refractivity contribution >= 4 is 5.91 Å². The van der Waals surface area contributed by atoms with Crippen LogP contribution in [0.2, 0.25) is 0 Å². The van der Waals surface area contributed by atoms with Crippen molar-refractivity contribution in [2.75, 3.05) is 6.54 Å². The molecule has 0 fully saturated rings. The normalized spacial score (nSPS) is 17.3. The van der Waals surface area contributed by atoms with E-state index in [-0.39, 0.29) is 11.9 Å². The van der Waals surface area contributed by atoms with Crippen molar-refractivity contribution in [1.29, 1.82) is 0 Å². The zero-order valence-corrected chi connectivity index (χ0v) is 10.8. The minimum absolute atomic E-state index is 0.0908. The molecule has 3 N–H and O–H groups in total. The molecule has 0 aliphatic heterocycles. The van der Waals surface area contributed by atoms with Crippen LogP contribution in [-0.4, -0.2) is 18.5 Å². The van der Waals surface area contributed by atoms with Gasteiger partial charge in [-0.25, -0.2) is 0 Å². The zero-order chi connectivity index (χ0) is 12.1. The van der Waals surface area contributed by atoms with Crippen LogP contribution in [0.15, 0.2) is 0 Å². The highest BCUT2D eigenvalue weighted by molar-refractivity contribution is 5.82. The Balaban J connectivity index is 4.45. The highest BCUT2D eigenvalue weighted by Crippen LogP contribution is 2.20. The monoisotopic (exact) mass is 214 g/mol. The molecule has 1 amide bonds. The minimum atomic E-state index is -0.414. The molecule has 0 saturated heterocycles. The first kappa shape index (κ1) is 14.4. The van der Waals surface area contributed by atoms with Crippen molar-refractivity contribution in [3.05, 3.63) is 0 Å². The summed E-state index contributed by atoms with van der Waals surface area (Å²) in [4.78, 5) is 12.0. The van der Waals surface area contributed by atoms with Crippen LogP contribution in [0, 0.1) is 11.3 Å². The maximum absolute atomic E-state index is 12.0. The van der Waals surface area contributed by atoms with E-state index in [4.69, 9.17) is 5.73 Å². The van der Waals surface area contributed by atoms with Gasteiger partial charge in [-0.1, -0.05) is 27.7 Å². The van der Waals surface area contributed by atoms with Gasteiger partial charge >= 0.3 is 0 Å². The molecule has 0 aliphatic carbocycles. The molecule has 3 heteroatoms. The fraction of sp³-hybridized carbons (Fsp3) is 0.917. The maximum Gasteiger partial charge on any atom is 0.227 e. The summed E-state index contributed by atoms with van der Waals surface area (Å²) in [6.45, 7) is 10.7. The van der Waals surface area contributed by atoms with E-state index in [0.29, 0.717) is 12.5 Å². The Bertz CT molecular complexity index is 198. The molecule has 0 aromatic heterocycles. The van der Waals surface area contributed by atoms with Gasteiger partial charge in [-0.05, 0) is 25.7 Å². The fourth-order valence-electron chi connectivity index (χ4n) is 1.48. The average molecular weight is 214 g/mol. The number of hydrogen-bond donors (Lipinski definition) is 2. The van der Waals surface area contributed by atoms with Gasteiger partial charge in [0.15, 0.2) is 0 Å². The smallest absolute Gasteiger partial charge is 0.227 e. The summed E-state index contributed by atoms with van der Waals surface area (Å²) >= 11 is 0. The van der Waals surface area contributed by atoms with Crippen LogP contribution in [-0.2, 0) is 4.79 Å². The van der Waals surface area contributed by atoms with Gasteiger partial charge in [0.25, 0.3) is 0 Å². The molecule has 15 heavy (non-hydrogen) atoms. The Morgan fingerprint density at radius 1 is 1.40 bits per heavy atom. The largest absolute Gasteiger partial charge is 0.353 e. The van der Waals surface area contributed by atoms with E-state index in [0.717, 1.165) is 12.8 Å². The van der Waals surface area contributed by atoms with Gasteiger partial charge in [0.05, 0.1) is 5.41 Å². The van der Waals surface area contributed by atoms with Gasteiger partial charge in [-0.3, -0.25) is 4.79 Å². The lowest BCUT2D eigenvalue weighted by Gasteiger charge is -2.29. The highest BCUT2D eigenvalue weighted by atomic mass is 16.2. The van der Waals surface area contributed by atoms with Crippen molar-refractivity contribution in [2.45, 2.75) is 53.5 Å². The second-order valence-electron chi connectivity index (χ2n) is 4.85. The molecule has 0 rings (SSSR count). The third-order valence-corrected chi connectivity index (χ3v) is 3.34. The average Bonchev–Trinajstić information content (AvgIpc) is 2.23. The number of nitrogens with two attached hydrogens (primary N) is 1. The molecule has 3 nitrogen and oxygen atoms in total. The SMILES string of the molecule is CCC(NC(=O)C(C)(CC)CN)C(C)C. The van der Waals surface area contributed by atoms with Crippen LogP contribution < -0.4 is 11.1 Å². The first-order valence-corrected chi connectivity index (χ1v) is 5.92. The van der Waals surface area contributed by atoms with Crippen LogP contribution in [0.4, 0.5) is 0 Å². The van der Waals surface area contributed by atoms with E-state index in [1.54, 1.807) is 0 Å². The van der Waals surface area contributed by atoms with Crippen LogP contribution >= 0.6 is 0 Å². The summed E-state index contributed by atoms with van der Waals surface area (Å²) in [5.74, 6) is 0.561. The van der Waals surface area contributed by atoms with E-state index in [1.807, 2.05) is 13.8 Å². The third-order valence-electron chi connectivity index (χ3n) is 3.34. The number of carbonyl (C=O) groups is 1. The molecule has 0 spiro atoms. The zero-order valence-electron chi connectivity index (χ0n) is 10.8. The van der Waals surface area contributed by atoms with Crippen LogP contribution in [0.1, 0.15) is 47.5 Å². The Kier molecular flexibility index (Phi) is 5.88. The lowest BCUT2D eigenvalue weighted by molar-refractivity contribution is -0.131. The topological polar surface area (TPSA) is 55.1 Å². The van der Waals surface area contributed by atoms with E-state index < -0.39 is 5.41 Å². The van der Waals surface area contributed by atoms with E-state index in [1.165, 1.54) is 0 Å². The van der Waals surface area contributed by atoms with E-state index in [2.05, 4.69) is 26.1 Å². The lowest BCUT2D eigenvalue weighted by atomic mass is 9.86. The number of rotatable bonds is 6. The predicted molar refractivity (Wildman–Crippen MR) is 64.5 cm³/mol. The highest BCUT2D eigenvalue weighted by Gasteiger charge is 2.31. The Hall–Kier alpha value is -0.570. The Morgan fingerprint density at radius 2 is 1.93 bits per heavy atom. The molecule has 0 bridgehead atoms. The summed E-state index contributed by atoms with van der Waals surface area (Å²) in [5.41, 5.74) is 5.24. The summed E-state index contributed by atoms with van der Waals surface area (Å²) < 4.78 is 0. The molecule has 0 radical (unpaired) electrons. The summed E-state index contributed by atoms with van der Waals surface area (Å²) in [5, 5.41) is 3.09. The van der Waals surface area contributed by atoms with Gasteiger partial charge < -0.3 is 11.1 Å². The molecule has 0 aliphatic rings. The van der Waals surface area contributed by atoms with Crippen LogP contribution in [0.25, 0.3) is 0 Å². The van der Waals surface area contributed by atoms with Crippen molar-refractivity contribution in [3.63, 3.8) is 0 Å².